The SMILES string of the molecule is Cn1c2c(n(C)c1=O)-c1c(n(C)c(=O)n1C)SSSS2. The van der Waals surface area contributed by atoms with E-state index in [1.165, 1.54) is 0 Å². The maximum Gasteiger partial charge on any atom is 0.329 e. The lowest BCUT2D eigenvalue weighted by Gasteiger charge is -2.12. The zero-order chi connectivity index (χ0) is 14.6. The molecule has 0 atom stereocenters. The number of fused-ring (bicyclic) bond motifs is 3. The van der Waals surface area contributed by atoms with Crippen LogP contribution in [0.2, 0.25) is 0 Å². The summed E-state index contributed by atoms with van der Waals surface area (Å²) in [6.45, 7) is 0. The first kappa shape index (κ1) is 14.4. The van der Waals surface area contributed by atoms with E-state index in [0.29, 0.717) is 0 Å². The number of imidazole rings is 2. The Kier molecular flexibility index (Phi) is 3.59. The van der Waals surface area contributed by atoms with Crippen molar-refractivity contribution in [3.8, 4) is 11.4 Å². The van der Waals surface area contributed by atoms with Gasteiger partial charge in [0, 0.05) is 28.2 Å². The van der Waals surface area contributed by atoms with Crippen molar-refractivity contribution in [3.05, 3.63) is 21.0 Å². The second-order valence-corrected chi connectivity index (χ2v) is 10.1. The van der Waals surface area contributed by atoms with Gasteiger partial charge in [-0.2, -0.15) is 0 Å². The average Bonchev–Trinajstić information content (AvgIpc) is 2.72. The standard InChI is InChI=1S/C10H12N4O2S4/c1-11-5-6-8(14(4)10(16)12(6)2)18-20-19-17-7(5)13(3)9(11)15/h1-4H3. The fourth-order valence-electron chi connectivity index (χ4n) is 2.22. The van der Waals surface area contributed by atoms with Crippen LogP contribution in [-0.2, 0) is 28.2 Å². The Bertz CT molecular complexity index is 745. The Morgan fingerprint density at radius 2 is 1.00 bits per heavy atom. The molecule has 0 aromatic carbocycles. The smallest absolute Gasteiger partial charge is 0.292 e. The van der Waals surface area contributed by atoms with Crippen molar-refractivity contribution in [2.75, 3.05) is 0 Å². The number of nitrogens with zero attached hydrogens (tertiary/aromatic N) is 4. The largest absolute Gasteiger partial charge is 0.329 e. The average molecular weight is 348 g/mol. The Morgan fingerprint density at radius 1 is 0.650 bits per heavy atom. The van der Waals surface area contributed by atoms with Gasteiger partial charge in [0.15, 0.2) is 0 Å². The summed E-state index contributed by atoms with van der Waals surface area (Å²) in [6.07, 6.45) is 0. The molecule has 1 aliphatic heterocycles. The zero-order valence-corrected chi connectivity index (χ0v) is 14.5. The number of hydrogen-bond donors (Lipinski definition) is 0. The van der Waals surface area contributed by atoms with E-state index < -0.39 is 0 Å². The molecule has 0 radical (unpaired) electrons. The number of rotatable bonds is 0. The van der Waals surface area contributed by atoms with Crippen molar-refractivity contribution < 1.29 is 0 Å². The van der Waals surface area contributed by atoms with Crippen LogP contribution in [0.3, 0.4) is 0 Å². The van der Waals surface area contributed by atoms with E-state index in [9.17, 15) is 9.59 Å². The van der Waals surface area contributed by atoms with Gasteiger partial charge in [0.05, 0.1) is 0 Å². The van der Waals surface area contributed by atoms with E-state index in [1.54, 1.807) is 87.7 Å². The maximum absolute atomic E-state index is 12.2. The van der Waals surface area contributed by atoms with Crippen LogP contribution >= 0.6 is 41.2 Å². The second-order valence-electron chi connectivity index (χ2n) is 4.41. The Hall–Kier alpha value is -0.580. The lowest BCUT2D eigenvalue weighted by Crippen LogP contribution is -2.21. The molecule has 108 valence electrons. The third-order valence-corrected chi connectivity index (χ3v) is 9.50. The molecule has 6 nitrogen and oxygen atoms in total. The minimum atomic E-state index is -0.0812. The molecule has 20 heavy (non-hydrogen) atoms. The molecule has 0 fully saturated rings. The molecule has 0 aliphatic carbocycles. The normalized spacial score (nSPS) is 14.6. The van der Waals surface area contributed by atoms with Gasteiger partial charge in [0.25, 0.3) is 0 Å². The van der Waals surface area contributed by atoms with Crippen molar-refractivity contribution in [2.24, 2.45) is 28.2 Å². The maximum atomic E-state index is 12.2. The first-order valence-electron chi connectivity index (χ1n) is 5.64. The molecule has 0 unspecified atom stereocenters. The molecule has 1 aliphatic rings. The monoisotopic (exact) mass is 348 g/mol. The third-order valence-electron chi connectivity index (χ3n) is 3.31. The van der Waals surface area contributed by atoms with Gasteiger partial charge in [-0.25, -0.2) is 9.59 Å². The van der Waals surface area contributed by atoms with E-state index in [1.807, 2.05) is 0 Å². The molecule has 0 spiro atoms. The summed E-state index contributed by atoms with van der Waals surface area (Å²) in [6, 6.07) is 0. The molecular formula is C10H12N4O2S4. The van der Waals surface area contributed by atoms with Crippen molar-refractivity contribution >= 4 is 41.2 Å². The fraction of sp³-hybridized carbons (Fsp3) is 0.400. The predicted molar refractivity (Wildman–Crippen MR) is 87.2 cm³/mol. The summed E-state index contributed by atoms with van der Waals surface area (Å²) < 4.78 is 6.48. The van der Waals surface area contributed by atoms with E-state index in [2.05, 4.69) is 0 Å². The zero-order valence-electron chi connectivity index (χ0n) is 11.2. The van der Waals surface area contributed by atoms with E-state index >= 15 is 0 Å². The van der Waals surface area contributed by atoms with Gasteiger partial charge in [0.2, 0.25) is 0 Å². The summed E-state index contributed by atoms with van der Waals surface area (Å²) in [5, 5.41) is 1.75. The minimum absolute atomic E-state index is 0.0812. The molecule has 2 aromatic rings. The topological polar surface area (TPSA) is 53.9 Å². The second kappa shape index (κ2) is 5.00. The number of aromatic nitrogens is 4. The highest BCUT2D eigenvalue weighted by molar-refractivity contribution is 9.26. The summed E-state index contributed by atoms with van der Waals surface area (Å²) in [5.74, 6) is 0. The van der Waals surface area contributed by atoms with E-state index in [0.717, 1.165) is 21.4 Å². The first-order valence-corrected chi connectivity index (χ1v) is 10.5. The first-order chi connectivity index (χ1) is 9.45. The molecular weight excluding hydrogens is 336 g/mol. The van der Waals surface area contributed by atoms with Gasteiger partial charge in [-0.3, -0.25) is 18.3 Å². The Balaban J connectivity index is 2.48. The fourth-order valence-corrected chi connectivity index (χ4v) is 8.27. The predicted octanol–water partition coefficient (Wildman–Crippen LogP) is 1.84. The van der Waals surface area contributed by atoms with Gasteiger partial charge < -0.3 is 0 Å². The molecule has 0 amide bonds. The molecule has 0 bridgehead atoms. The summed E-state index contributed by atoms with van der Waals surface area (Å²) >= 11 is 0. The lowest BCUT2D eigenvalue weighted by molar-refractivity contribution is 0.745. The molecule has 3 rings (SSSR count). The minimum Gasteiger partial charge on any atom is -0.292 e. The molecule has 0 saturated heterocycles. The van der Waals surface area contributed by atoms with Crippen LogP contribution < -0.4 is 11.4 Å². The van der Waals surface area contributed by atoms with Gasteiger partial charge >= 0.3 is 11.4 Å². The highest BCUT2D eigenvalue weighted by Gasteiger charge is 2.28. The summed E-state index contributed by atoms with van der Waals surface area (Å²) in [5.41, 5.74) is 1.44. The molecule has 0 saturated carbocycles. The third kappa shape index (κ3) is 1.85. The van der Waals surface area contributed by atoms with E-state index in [4.69, 9.17) is 0 Å². The van der Waals surface area contributed by atoms with Crippen molar-refractivity contribution in [1.29, 1.82) is 0 Å². The van der Waals surface area contributed by atoms with Gasteiger partial charge in [-0.1, -0.05) is 0 Å². The van der Waals surface area contributed by atoms with Crippen LogP contribution in [0.5, 0.6) is 0 Å². The van der Waals surface area contributed by atoms with E-state index in [-0.39, 0.29) is 11.4 Å². The molecule has 2 aromatic heterocycles. The van der Waals surface area contributed by atoms with Crippen LogP contribution in [0.4, 0.5) is 0 Å². The Morgan fingerprint density at radius 3 is 1.35 bits per heavy atom. The van der Waals surface area contributed by atoms with Gasteiger partial charge in [-0.05, 0) is 41.2 Å². The van der Waals surface area contributed by atoms with Crippen molar-refractivity contribution in [2.45, 2.75) is 10.1 Å². The lowest BCUT2D eigenvalue weighted by atomic mass is 10.3. The highest BCUT2D eigenvalue weighted by Crippen LogP contribution is 2.54. The van der Waals surface area contributed by atoms with Crippen LogP contribution in [0.1, 0.15) is 0 Å². The quantitative estimate of drug-likeness (QED) is 0.677. The van der Waals surface area contributed by atoms with Gasteiger partial charge in [0.1, 0.15) is 21.4 Å². The summed E-state index contributed by atoms with van der Waals surface area (Å²) in [4.78, 5) is 24.4. The molecule has 3 heterocycles. The van der Waals surface area contributed by atoms with Crippen LogP contribution in [0.15, 0.2) is 19.6 Å². The van der Waals surface area contributed by atoms with Crippen LogP contribution in [0, 0.1) is 0 Å². The van der Waals surface area contributed by atoms with Crippen molar-refractivity contribution in [1.82, 2.24) is 18.3 Å². The highest BCUT2D eigenvalue weighted by atomic mass is 33.7. The molecule has 10 heteroatoms. The Labute approximate surface area is 130 Å². The number of hydrogen-bond acceptors (Lipinski definition) is 6. The van der Waals surface area contributed by atoms with Gasteiger partial charge in [-0.15, -0.1) is 0 Å². The van der Waals surface area contributed by atoms with Crippen LogP contribution in [0.25, 0.3) is 11.4 Å². The molecule has 0 N–H and O–H groups in total. The van der Waals surface area contributed by atoms with Crippen LogP contribution in [-0.4, -0.2) is 18.3 Å². The summed E-state index contributed by atoms with van der Waals surface area (Å²) in [7, 11) is 13.3. The van der Waals surface area contributed by atoms with Crippen molar-refractivity contribution in [3.63, 3.8) is 0 Å².